The highest BCUT2D eigenvalue weighted by molar-refractivity contribution is 5.94. The summed E-state index contributed by atoms with van der Waals surface area (Å²) in [6, 6.07) is 1.18. The van der Waals surface area contributed by atoms with Crippen LogP contribution in [0.2, 0.25) is 0 Å². The molecule has 0 fully saturated rings. The van der Waals surface area contributed by atoms with E-state index in [9.17, 15) is 22.4 Å². The van der Waals surface area contributed by atoms with Crippen LogP contribution in [0.1, 0.15) is 34.5 Å². The standard InChI is InChI=1S/C13H11F4N3O/c1-7(8-5-18-19-6-8)20-12(21)10-4-9(13(15,16)17)2-3-11(10)14/h2-7H,1H3,(H,18,19)(H,20,21). The number of carbonyl (C=O) groups excluding carboxylic acids is 1. The van der Waals surface area contributed by atoms with Gasteiger partial charge in [0.05, 0.1) is 23.4 Å². The van der Waals surface area contributed by atoms with E-state index in [2.05, 4.69) is 15.5 Å². The van der Waals surface area contributed by atoms with Crippen molar-refractivity contribution in [2.24, 2.45) is 0 Å². The highest BCUT2D eigenvalue weighted by Gasteiger charge is 2.32. The molecule has 1 heterocycles. The number of hydrogen-bond donors (Lipinski definition) is 2. The molecule has 8 heteroatoms. The molecule has 4 nitrogen and oxygen atoms in total. The minimum absolute atomic E-state index is 0.493. The van der Waals surface area contributed by atoms with Crippen molar-refractivity contribution in [2.45, 2.75) is 19.1 Å². The minimum Gasteiger partial charge on any atom is -0.345 e. The average molecular weight is 301 g/mol. The van der Waals surface area contributed by atoms with E-state index in [-0.39, 0.29) is 0 Å². The third kappa shape index (κ3) is 3.39. The molecule has 0 aliphatic heterocycles. The summed E-state index contributed by atoms with van der Waals surface area (Å²) < 4.78 is 51.3. The quantitative estimate of drug-likeness (QED) is 0.856. The van der Waals surface area contributed by atoms with Crippen LogP contribution >= 0.6 is 0 Å². The number of nitrogens with zero attached hydrogens (tertiary/aromatic N) is 1. The number of alkyl halides is 3. The van der Waals surface area contributed by atoms with Gasteiger partial charge in [-0.25, -0.2) is 4.39 Å². The van der Waals surface area contributed by atoms with Crippen molar-refractivity contribution in [1.82, 2.24) is 15.5 Å². The lowest BCUT2D eigenvalue weighted by molar-refractivity contribution is -0.137. The van der Waals surface area contributed by atoms with Crippen molar-refractivity contribution >= 4 is 5.91 Å². The third-order valence-corrected chi connectivity index (χ3v) is 2.91. The summed E-state index contributed by atoms with van der Waals surface area (Å²) >= 11 is 0. The van der Waals surface area contributed by atoms with Gasteiger partial charge in [0.2, 0.25) is 0 Å². The Balaban J connectivity index is 2.23. The van der Waals surface area contributed by atoms with E-state index in [4.69, 9.17) is 0 Å². The van der Waals surface area contributed by atoms with Crippen molar-refractivity contribution < 1.29 is 22.4 Å². The first kappa shape index (κ1) is 15.0. The van der Waals surface area contributed by atoms with Gasteiger partial charge < -0.3 is 5.32 Å². The summed E-state index contributed by atoms with van der Waals surface area (Å²) in [6.07, 6.45) is -1.67. The summed E-state index contributed by atoms with van der Waals surface area (Å²) in [7, 11) is 0. The lowest BCUT2D eigenvalue weighted by Crippen LogP contribution is -2.27. The number of H-pyrrole nitrogens is 1. The molecule has 1 unspecified atom stereocenters. The molecule has 2 aromatic rings. The Hall–Kier alpha value is -2.38. The van der Waals surface area contributed by atoms with E-state index >= 15 is 0 Å². The number of halogens is 4. The van der Waals surface area contributed by atoms with Gasteiger partial charge in [0.15, 0.2) is 0 Å². The minimum atomic E-state index is -4.64. The molecule has 0 aliphatic rings. The second-order valence-electron chi connectivity index (χ2n) is 4.42. The smallest absolute Gasteiger partial charge is 0.345 e. The molecule has 1 aromatic carbocycles. The van der Waals surface area contributed by atoms with E-state index in [1.54, 1.807) is 6.92 Å². The average Bonchev–Trinajstić information content (AvgIpc) is 2.91. The fourth-order valence-corrected chi connectivity index (χ4v) is 1.73. The van der Waals surface area contributed by atoms with Crippen molar-refractivity contribution in [3.05, 3.63) is 53.1 Å². The van der Waals surface area contributed by atoms with Gasteiger partial charge in [-0.1, -0.05) is 0 Å². The van der Waals surface area contributed by atoms with E-state index < -0.39 is 35.1 Å². The number of amides is 1. The maximum absolute atomic E-state index is 13.6. The zero-order chi connectivity index (χ0) is 15.6. The first-order chi connectivity index (χ1) is 9.79. The van der Waals surface area contributed by atoms with Gasteiger partial charge in [0, 0.05) is 11.8 Å². The van der Waals surface area contributed by atoms with Gasteiger partial charge in [0.25, 0.3) is 5.91 Å². The Labute approximate surface area is 117 Å². The molecule has 1 amide bonds. The van der Waals surface area contributed by atoms with Crippen LogP contribution in [-0.4, -0.2) is 16.1 Å². The Kier molecular flexibility index (Phi) is 3.97. The molecule has 0 spiro atoms. The Morgan fingerprint density at radius 3 is 2.67 bits per heavy atom. The zero-order valence-corrected chi connectivity index (χ0v) is 10.8. The predicted octanol–water partition coefficient (Wildman–Crippen LogP) is 3.06. The van der Waals surface area contributed by atoms with Gasteiger partial charge in [-0.2, -0.15) is 18.3 Å². The zero-order valence-electron chi connectivity index (χ0n) is 10.8. The van der Waals surface area contributed by atoms with Crippen molar-refractivity contribution in [3.8, 4) is 0 Å². The second kappa shape index (κ2) is 5.55. The molecule has 0 saturated heterocycles. The lowest BCUT2D eigenvalue weighted by Gasteiger charge is -2.14. The van der Waals surface area contributed by atoms with Gasteiger partial charge in [-0.15, -0.1) is 0 Å². The van der Waals surface area contributed by atoms with Crippen LogP contribution in [0, 0.1) is 5.82 Å². The first-order valence-electron chi connectivity index (χ1n) is 5.95. The van der Waals surface area contributed by atoms with Gasteiger partial charge in [-0.05, 0) is 25.1 Å². The lowest BCUT2D eigenvalue weighted by atomic mass is 10.1. The summed E-state index contributed by atoms with van der Waals surface area (Å²) in [6.45, 7) is 1.61. The molecule has 0 bridgehead atoms. The summed E-state index contributed by atoms with van der Waals surface area (Å²) in [5.41, 5.74) is -1.11. The SMILES string of the molecule is CC(NC(=O)c1cc(C(F)(F)F)ccc1F)c1cn[nH]c1. The Bertz CT molecular complexity index is 637. The van der Waals surface area contributed by atoms with Crippen molar-refractivity contribution in [2.75, 3.05) is 0 Å². The molecule has 1 atom stereocenters. The molecular formula is C13H11F4N3O. The topological polar surface area (TPSA) is 57.8 Å². The van der Waals surface area contributed by atoms with E-state index in [1.165, 1.54) is 12.4 Å². The van der Waals surface area contributed by atoms with Gasteiger partial charge in [0.1, 0.15) is 5.82 Å². The van der Waals surface area contributed by atoms with Crippen LogP contribution in [0.5, 0.6) is 0 Å². The number of aromatic amines is 1. The maximum atomic E-state index is 13.6. The Morgan fingerprint density at radius 2 is 2.10 bits per heavy atom. The summed E-state index contributed by atoms with van der Waals surface area (Å²) in [5, 5.41) is 8.64. The summed E-state index contributed by atoms with van der Waals surface area (Å²) in [5.74, 6) is -1.94. The highest BCUT2D eigenvalue weighted by atomic mass is 19.4. The number of aromatic nitrogens is 2. The number of rotatable bonds is 3. The molecular weight excluding hydrogens is 290 g/mol. The van der Waals surface area contributed by atoms with E-state index in [0.29, 0.717) is 23.8 Å². The second-order valence-corrected chi connectivity index (χ2v) is 4.42. The van der Waals surface area contributed by atoms with Crippen LogP contribution in [-0.2, 0) is 6.18 Å². The Morgan fingerprint density at radius 1 is 1.38 bits per heavy atom. The maximum Gasteiger partial charge on any atom is 0.416 e. The fourth-order valence-electron chi connectivity index (χ4n) is 1.73. The molecule has 1 aromatic heterocycles. The molecule has 2 rings (SSSR count). The molecule has 0 radical (unpaired) electrons. The largest absolute Gasteiger partial charge is 0.416 e. The molecule has 21 heavy (non-hydrogen) atoms. The number of nitrogens with one attached hydrogen (secondary N) is 2. The normalized spacial score (nSPS) is 13.0. The molecule has 0 aliphatic carbocycles. The fraction of sp³-hybridized carbons (Fsp3) is 0.231. The van der Waals surface area contributed by atoms with Crippen LogP contribution in [0.25, 0.3) is 0 Å². The highest BCUT2D eigenvalue weighted by Crippen LogP contribution is 2.30. The van der Waals surface area contributed by atoms with Crippen molar-refractivity contribution in [1.29, 1.82) is 0 Å². The van der Waals surface area contributed by atoms with Crippen LogP contribution in [0.15, 0.2) is 30.6 Å². The number of hydrogen-bond acceptors (Lipinski definition) is 2. The van der Waals surface area contributed by atoms with E-state index in [1.807, 2.05) is 0 Å². The van der Waals surface area contributed by atoms with Gasteiger partial charge in [-0.3, -0.25) is 9.89 Å². The third-order valence-electron chi connectivity index (χ3n) is 2.91. The molecule has 112 valence electrons. The predicted molar refractivity (Wildman–Crippen MR) is 65.9 cm³/mol. The monoisotopic (exact) mass is 301 g/mol. The van der Waals surface area contributed by atoms with Crippen LogP contribution in [0.4, 0.5) is 17.6 Å². The summed E-state index contributed by atoms with van der Waals surface area (Å²) in [4.78, 5) is 11.9. The van der Waals surface area contributed by atoms with Crippen LogP contribution in [0.3, 0.4) is 0 Å². The number of carbonyl (C=O) groups is 1. The molecule has 2 N–H and O–H groups in total. The van der Waals surface area contributed by atoms with Crippen molar-refractivity contribution in [3.63, 3.8) is 0 Å². The van der Waals surface area contributed by atoms with Gasteiger partial charge >= 0.3 is 6.18 Å². The number of benzene rings is 1. The van der Waals surface area contributed by atoms with Crippen LogP contribution < -0.4 is 5.32 Å². The molecule has 0 saturated carbocycles. The van der Waals surface area contributed by atoms with E-state index in [0.717, 1.165) is 0 Å². The first-order valence-corrected chi connectivity index (χ1v) is 5.95.